The fraction of sp³-hybridized carbons (Fsp3) is 0.385. The number of aromatic hydroxyl groups is 1. The van der Waals surface area contributed by atoms with Gasteiger partial charge >= 0.3 is 12.3 Å². The van der Waals surface area contributed by atoms with Gasteiger partial charge in [0.25, 0.3) is 5.91 Å². The zero-order chi connectivity index (χ0) is 30.2. The fourth-order valence-corrected chi connectivity index (χ4v) is 4.43. The average Bonchev–Trinajstić information content (AvgIpc) is 2.86. The number of hydrogen-bond acceptors (Lipinski definition) is 10. The minimum atomic E-state index is -4.95. The number of ether oxygens (including phenoxy) is 2. The summed E-state index contributed by atoms with van der Waals surface area (Å²) in [6.07, 6.45) is -6.17. The first-order chi connectivity index (χ1) is 19.3. The van der Waals surface area contributed by atoms with Gasteiger partial charge in [0.1, 0.15) is 11.5 Å². The molecule has 0 bridgehead atoms. The van der Waals surface area contributed by atoms with Crippen molar-refractivity contribution in [2.24, 2.45) is 4.99 Å². The van der Waals surface area contributed by atoms with E-state index in [0.29, 0.717) is 11.6 Å². The highest BCUT2D eigenvalue weighted by atomic mass is 79.9. The van der Waals surface area contributed by atoms with Crippen LogP contribution in [0.4, 0.5) is 18.9 Å². The predicted molar refractivity (Wildman–Crippen MR) is 145 cm³/mol. The van der Waals surface area contributed by atoms with Crippen LogP contribution in [-0.4, -0.2) is 72.5 Å². The maximum atomic E-state index is 12.8. The number of amides is 1. The largest absolute Gasteiger partial charge is 0.573 e. The van der Waals surface area contributed by atoms with Gasteiger partial charge in [0.15, 0.2) is 11.7 Å². The zero-order valence-electron chi connectivity index (χ0n) is 21.8. The predicted octanol–water partition coefficient (Wildman–Crippen LogP) is 3.21. The first kappa shape index (κ1) is 31.7. The second-order valence-corrected chi connectivity index (χ2v) is 9.93. The fourth-order valence-electron chi connectivity index (χ4n) is 3.94. The molecule has 41 heavy (non-hydrogen) atoms. The van der Waals surface area contributed by atoms with Gasteiger partial charge in [-0.3, -0.25) is 19.4 Å². The molecule has 0 saturated carbocycles. The Morgan fingerprint density at radius 1 is 1.17 bits per heavy atom. The number of rotatable bonds is 11. The number of Topliss-reactive ketones (excluding diaryl/α,β-unsaturated/α-hetero) is 1. The maximum Gasteiger partial charge on any atom is 0.573 e. The van der Waals surface area contributed by atoms with E-state index in [1.54, 1.807) is 6.92 Å². The van der Waals surface area contributed by atoms with Crippen molar-refractivity contribution in [2.75, 3.05) is 31.6 Å². The van der Waals surface area contributed by atoms with Crippen LogP contribution in [0, 0.1) is 0 Å². The summed E-state index contributed by atoms with van der Waals surface area (Å²) in [5.74, 6) is -3.14. The third-order valence-corrected chi connectivity index (χ3v) is 6.10. The number of aliphatic hydroxyl groups is 1. The van der Waals surface area contributed by atoms with Gasteiger partial charge in [-0.15, -0.1) is 13.2 Å². The van der Waals surface area contributed by atoms with Crippen LogP contribution in [0.1, 0.15) is 41.6 Å². The number of halogens is 4. The second kappa shape index (κ2) is 14.2. The lowest BCUT2D eigenvalue weighted by molar-refractivity contribution is -0.274. The number of ketones is 1. The number of alkyl halides is 3. The molecular weight excluding hydrogens is 617 g/mol. The molecule has 1 unspecified atom stereocenters. The van der Waals surface area contributed by atoms with Crippen molar-refractivity contribution in [2.45, 2.75) is 38.1 Å². The summed E-state index contributed by atoms with van der Waals surface area (Å²) in [4.78, 5) is 41.9. The molecule has 0 radical (unpaired) electrons. The maximum absolute atomic E-state index is 12.8. The van der Waals surface area contributed by atoms with Crippen LogP contribution >= 0.6 is 15.9 Å². The molecule has 1 heterocycles. The number of nitrogens with one attached hydrogen (secondary N) is 3. The van der Waals surface area contributed by atoms with Crippen molar-refractivity contribution >= 4 is 45.2 Å². The Bertz CT molecular complexity index is 1310. The highest BCUT2D eigenvalue weighted by Crippen LogP contribution is 2.33. The molecule has 2 atom stereocenters. The van der Waals surface area contributed by atoms with E-state index in [9.17, 15) is 37.8 Å². The molecule has 0 aliphatic carbocycles. The molecule has 2 aromatic carbocycles. The van der Waals surface area contributed by atoms with Gasteiger partial charge in [-0.05, 0) is 42.8 Å². The second-order valence-electron chi connectivity index (χ2n) is 9.02. The normalized spacial score (nSPS) is 15.7. The van der Waals surface area contributed by atoms with Gasteiger partial charge in [0.05, 0.1) is 32.2 Å². The standard InChI is InChI=1S/C26H28BrF3N4O7/c1-2-40-23(38)8-15(14-3-17(27)9-22(7-14)41-26(28,29)30)5-20(36)11-31-24(39)16-4-18(10-19(35)6-16)34-25-32-12-21(37)13-33-25/h3-4,6-7,9-10,15,21,35,37H,2,5,8,11-13H2,1H3,(H,31,39)(H2,32,33,34)/t15-/m0/s1. The molecule has 2 aromatic rings. The average molecular weight is 645 g/mol. The number of carbonyl (C=O) groups is 3. The highest BCUT2D eigenvalue weighted by molar-refractivity contribution is 9.10. The number of hydrogen-bond donors (Lipinski definition) is 5. The van der Waals surface area contributed by atoms with Crippen LogP contribution in [0.2, 0.25) is 0 Å². The molecule has 0 spiro atoms. The molecule has 0 aromatic heterocycles. The molecule has 5 N–H and O–H groups in total. The Morgan fingerprint density at radius 3 is 2.59 bits per heavy atom. The molecule has 1 amide bonds. The van der Waals surface area contributed by atoms with E-state index in [0.717, 1.165) is 12.1 Å². The smallest absolute Gasteiger partial charge is 0.508 e. The van der Waals surface area contributed by atoms with Crippen molar-refractivity contribution in [1.82, 2.24) is 10.6 Å². The molecule has 0 fully saturated rings. The minimum absolute atomic E-state index is 0.0285. The van der Waals surface area contributed by atoms with Crippen LogP contribution < -0.4 is 20.7 Å². The van der Waals surface area contributed by atoms with Gasteiger partial charge in [0.2, 0.25) is 0 Å². The minimum Gasteiger partial charge on any atom is -0.508 e. The topological polar surface area (TPSA) is 159 Å². The molecule has 222 valence electrons. The lowest BCUT2D eigenvalue weighted by atomic mass is 9.90. The Morgan fingerprint density at radius 2 is 1.93 bits per heavy atom. The first-order valence-corrected chi connectivity index (χ1v) is 13.2. The number of carbonyl (C=O) groups excluding carboxylic acids is 3. The molecule has 0 saturated heterocycles. The summed E-state index contributed by atoms with van der Waals surface area (Å²) in [6, 6.07) is 7.61. The third kappa shape index (κ3) is 10.6. The number of phenols is 1. The van der Waals surface area contributed by atoms with E-state index in [2.05, 4.69) is 41.6 Å². The third-order valence-electron chi connectivity index (χ3n) is 5.65. The summed E-state index contributed by atoms with van der Waals surface area (Å²) in [6.45, 7) is 1.66. The lowest BCUT2D eigenvalue weighted by Gasteiger charge is -2.20. The van der Waals surface area contributed by atoms with Gasteiger partial charge in [-0.1, -0.05) is 15.9 Å². The molecule has 15 heteroatoms. The molecule has 1 aliphatic heterocycles. The summed E-state index contributed by atoms with van der Waals surface area (Å²) in [5, 5.41) is 27.8. The number of β-amino-alcohol motifs (C(OH)–C–C–N with tert-alkyl or cyclic N) is 1. The van der Waals surface area contributed by atoms with E-state index < -0.39 is 48.3 Å². The van der Waals surface area contributed by atoms with Crippen LogP contribution in [0.5, 0.6) is 11.5 Å². The van der Waals surface area contributed by atoms with Gasteiger partial charge in [-0.2, -0.15) is 0 Å². The van der Waals surface area contributed by atoms with E-state index in [4.69, 9.17) is 4.74 Å². The summed E-state index contributed by atoms with van der Waals surface area (Å²) >= 11 is 3.12. The number of nitrogens with zero attached hydrogens (tertiary/aromatic N) is 1. The quantitative estimate of drug-likeness (QED) is 0.232. The monoisotopic (exact) mass is 644 g/mol. The molecule has 1 aliphatic rings. The number of esters is 1. The number of benzene rings is 2. The van der Waals surface area contributed by atoms with Crippen LogP contribution in [0.25, 0.3) is 0 Å². The first-order valence-electron chi connectivity index (χ1n) is 12.4. The van der Waals surface area contributed by atoms with Gasteiger partial charge in [0, 0.05) is 40.7 Å². The van der Waals surface area contributed by atoms with Gasteiger partial charge < -0.3 is 35.6 Å². The van der Waals surface area contributed by atoms with Gasteiger partial charge in [-0.25, -0.2) is 0 Å². The van der Waals surface area contributed by atoms with E-state index in [-0.39, 0.29) is 53.9 Å². The van der Waals surface area contributed by atoms with Crippen molar-refractivity contribution in [3.05, 3.63) is 52.0 Å². The SMILES string of the molecule is CCOC(=O)C[C@H](CC(=O)CNC(=O)c1cc(O)cc(NC2=NCC(O)CN2)c1)c1cc(Br)cc(OC(F)(F)F)c1. The van der Waals surface area contributed by atoms with Crippen LogP contribution in [-0.2, 0) is 14.3 Å². The van der Waals surface area contributed by atoms with Crippen LogP contribution in [0.3, 0.4) is 0 Å². The van der Waals surface area contributed by atoms with Crippen LogP contribution in [0.15, 0.2) is 45.9 Å². The Balaban J connectivity index is 1.69. The Kier molecular flexibility index (Phi) is 10.9. The number of anilines is 1. The summed E-state index contributed by atoms with van der Waals surface area (Å²) < 4.78 is 47.5. The summed E-state index contributed by atoms with van der Waals surface area (Å²) in [7, 11) is 0. The lowest BCUT2D eigenvalue weighted by Crippen LogP contribution is -2.42. The van der Waals surface area contributed by atoms with Crippen molar-refractivity contribution in [1.29, 1.82) is 0 Å². The van der Waals surface area contributed by atoms with Crippen molar-refractivity contribution < 1.29 is 47.2 Å². The van der Waals surface area contributed by atoms with E-state index in [1.165, 1.54) is 24.3 Å². The number of guanidine groups is 1. The summed E-state index contributed by atoms with van der Waals surface area (Å²) in [5.41, 5.74) is 0.577. The molecule has 11 nitrogen and oxygen atoms in total. The number of aliphatic imine (C=N–C) groups is 1. The number of aliphatic hydroxyl groups excluding tert-OH is 1. The molecular formula is C26H28BrF3N4O7. The zero-order valence-corrected chi connectivity index (χ0v) is 23.3. The molecule has 3 rings (SSSR count). The highest BCUT2D eigenvalue weighted by Gasteiger charge is 2.32. The Hall–Kier alpha value is -3.85. The van der Waals surface area contributed by atoms with E-state index in [1.807, 2.05) is 0 Å². The number of phenolic OH excluding ortho intramolecular Hbond substituents is 1. The van der Waals surface area contributed by atoms with Crippen molar-refractivity contribution in [3.63, 3.8) is 0 Å². The van der Waals surface area contributed by atoms with E-state index >= 15 is 0 Å². The Labute approximate surface area is 241 Å². The van der Waals surface area contributed by atoms with Crippen molar-refractivity contribution in [3.8, 4) is 11.5 Å².